The number of hydrogen-bond acceptors (Lipinski definition) is 4. The van der Waals surface area contributed by atoms with Crippen LogP contribution in [0.5, 0.6) is 5.75 Å². The smallest absolute Gasteiger partial charge is 0.211 e. The Kier molecular flexibility index (Phi) is 4.58. The van der Waals surface area contributed by atoms with Gasteiger partial charge >= 0.3 is 0 Å². The molecule has 4 heteroatoms. The number of methoxy groups -OCH3 is 1. The second-order valence-corrected chi connectivity index (χ2v) is 4.47. The fourth-order valence-electron chi connectivity index (χ4n) is 1.85. The molecule has 0 bridgehead atoms. The number of nitrogens with one attached hydrogen (secondary N) is 1. The molecule has 1 aromatic carbocycles. The van der Waals surface area contributed by atoms with Crippen LogP contribution in [0.1, 0.15) is 32.2 Å². The number of hydrogen-bond donors (Lipinski definition) is 1. The van der Waals surface area contributed by atoms with Crippen molar-refractivity contribution in [2.24, 2.45) is 0 Å². The van der Waals surface area contributed by atoms with Gasteiger partial charge in [0.2, 0.25) is 5.89 Å². The highest BCUT2D eigenvalue weighted by atomic mass is 16.5. The fraction of sp³-hybridized carbons (Fsp3) is 0.400. The van der Waals surface area contributed by atoms with Crippen molar-refractivity contribution in [1.29, 1.82) is 0 Å². The van der Waals surface area contributed by atoms with Crippen LogP contribution in [-0.2, 0) is 0 Å². The van der Waals surface area contributed by atoms with Gasteiger partial charge < -0.3 is 14.5 Å². The summed E-state index contributed by atoms with van der Waals surface area (Å²) in [5, 5.41) is 3.35. The molecule has 0 amide bonds. The van der Waals surface area contributed by atoms with Crippen molar-refractivity contribution in [3.63, 3.8) is 0 Å². The largest absolute Gasteiger partial charge is 0.497 e. The Morgan fingerprint density at radius 1 is 1.42 bits per heavy atom. The van der Waals surface area contributed by atoms with Crippen LogP contribution >= 0.6 is 0 Å². The molecule has 19 heavy (non-hydrogen) atoms. The van der Waals surface area contributed by atoms with E-state index < -0.39 is 0 Å². The third kappa shape index (κ3) is 3.35. The van der Waals surface area contributed by atoms with Crippen LogP contribution in [0.4, 0.5) is 0 Å². The molecule has 1 unspecified atom stereocenters. The van der Waals surface area contributed by atoms with E-state index in [-0.39, 0.29) is 6.04 Å². The van der Waals surface area contributed by atoms with E-state index in [4.69, 9.17) is 9.15 Å². The Bertz CT molecular complexity index is 522. The van der Waals surface area contributed by atoms with Crippen LogP contribution in [0.25, 0.3) is 11.3 Å². The van der Waals surface area contributed by atoms with Gasteiger partial charge in [0, 0.05) is 5.56 Å². The highest BCUT2D eigenvalue weighted by Gasteiger charge is 2.12. The van der Waals surface area contributed by atoms with Crippen LogP contribution in [0.2, 0.25) is 0 Å². The summed E-state index contributed by atoms with van der Waals surface area (Å²) >= 11 is 0. The Hall–Kier alpha value is -1.81. The second-order valence-electron chi connectivity index (χ2n) is 4.47. The van der Waals surface area contributed by atoms with Crippen LogP contribution in [-0.4, -0.2) is 18.6 Å². The van der Waals surface area contributed by atoms with Gasteiger partial charge in [0.05, 0.1) is 19.3 Å². The monoisotopic (exact) mass is 260 g/mol. The van der Waals surface area contributed by atoms with E-state index in [1.165, 1.54) is 0 Å². The maximum absolute atomic E-state index is 5.80. The molecule has 1 atom stereocenters. The maximum atomic E-state index is 5.80. The summed E-state index contributed by atoms with van der Waals surface area (Å²) in [4.78, 5) is 4.33. The average Bonchev–Trinajstić information content (AvgIpc) is 2.94. The van der Waals surface area contributed by atoms with Crippen molar-refractivity contribution in [2.45, 2.75) is 26.3 Å². The molecule has 1 heterocycles. The molecule has 2 rings (SSSR count). The van der Waals surface area contributed by atoms with E-state index in [2.05, 4.69) is 24.1 Å². The number of oxazole rings is 1. The molecule has 102 valence electrons. The maximum Gasteiger partial charge on any atom is 0.211 e. The molecule has 1 aromatic heterocycles. The number of rotatable bonds is 6. The zero-order chi connectivity index (χ0) is 13.7. The van der Waals surface area contributed by atoms with E-state index in [1.54, 1.807) is 13.3 Å². The molecule has 0 fully saturated rings. The minimum Gasteiger partial charge on any atom is -0.497 e. The van der Waals surface area contributed by atoms with E-state index in [0.717, 1.165) is 30.0 Å². The van der Waals surface area contributed by atoms with Gasteiger partial charge in [-0.25, -0.2) is 4.98 Å². The molecule has 4 nitrogen and oxygen atoms in total. The minimum atomic E-state index is 0.124. The molecule has 0 saturated heterocycles. The Labute approximate surface area is 113 Å². The lowest BCUT2D eigenvalue weighted by molar-refractivity contribution is 0.413. The van der Waals surface area contributed by atoms with E-state index in [9.17, 15) is 0 Å². The van der Waals surface area contributed by atoms with Gasteiger partial charge in [0.25, 0.3) is 0 Å². The molecular weight excluding hydrogens is 240 g/mol. The molecule has 0 aliphatic heterocycles. The third-order valence-corrected chi connectivity index (χ3v) is 2.95. The van der Waals surface area contributed by atoms with Gasteiger partial charge in [-0.1, -0.05) is 19.1 Å². The Morgan fingerprint density at radius 3 is 3.00 bits per heavy atom. The van der Waals surface area contributed by atoms with Gasteiger partial charge in [-0.15, -0.1) is 0 Å². The highest BCUT2D eigenvalue weighted by molar-refractivity contribution is 5.58. The Balaban J connectivity index is 2.15. The zero-order valence-electron chi connectivity index (χ0n) is 11.6. The van der Waals surface area contributed by atoms with Gasteiger partial charge in [-0.3, -0.25) is 0 Å². The quantitative estimate of drug-likeness (QED) is 0.864. The molecule has 0 radical (unpaired) electrons. The van der Waals surface area contributed by atoms with Crippen LogP contribution in [0, 0.1) is 0 Å². The summed E-state index contributed by atoms with van der Waals surface area (Å²) in [5.74, 6) is 2.29. The van der Waals surface area contributed by atoms with Gasteiger partial charge in [0.15, 0.2) is 5.76 Å². The molecular formula is C15H20N2O2. The van der Waals surface area contributed by atoms with E-state index in [1.807, 2.05) is 24.3 Å². The lowest BCUT2D eigenvalue weighted by atomic mass is 10.2. The van der Waals surface area contributed by atoms with Gasteiger partial charge in [-0.2, -0.15) is 0 Å². The normalized spacial score (nSPS) is 12.4. The van der Waals surface area contributed by atoms with E-state index >= 15 is 0 Å². The topological polar surface area (TPSA) is 47.3 Å². The van der Waals surface area contributed by atoms with Crippen molar-refractivity contribution in [3.8, 4) is 17.1 Å². The highest BCUT2D eigenvalue weighted by Crippen LogP contribution is 2.26. The molecule has 0 spiro atoms. The molecule has 0 saturated carbocycles. The van der Waals surface area contributed by atoms with Crippen LogP contribution in [0.15, 0.2) is 34.9 Å². The van der Waals surface area contributed by atoms with Crippen molar-refractivity contribution in [1.82, 2.24) is 10.3 Å². The lowest BCUT2D eigenvalue weighted by Crippen LogP contribution is -2.19. The van der Waals surface area contributed by atoms with Crippen molar-refractivity contribution in [2.75, 3.05) is 13.7 Å². The van der Waals surface area contributed by atoms with Crippen molar-refractivity contribution >= 4 is 0 Å². The first-order valence-corrected chi connectivity index (χ1v) is 6.58. The predicted octanol–water partition coefficient (Wildman–Crippen LogP) is 3.41. The zero-order valence-corrected chi connectivity index (χ0v) is 11.6. The lowest BCUT2D eigenvalue weighted by Gasteiger charge is -2.08. The molecule has 0 aliphatic rings. The number of benzene rings is 1. The van der Waals surface area contributed by atoms with Crippen molar-refractivity contribution in [3.05, 3.63) is 36.4 Å². The minimum absolute atomic E-state index is 0.124. The summed E-state index contributed by atoms with van der Waals surface area (Å²) in [7, 11) is 1.65. The summed E-state index contributed by atoms with van der Waals surface area (Å²) in [6.07, 6.45) is 2.85. The van der Waals surface area contributed by atoms with Crippen LogP contribution < -0.4 is 10.1 Å². The van der Waals surface area contributed by atoms with Crippen molar-refractivity contribution < 1.29 is 9.15 Å². The number of ether oxygens (including phenoxy) is 1. The number of aromatic nitrogens is 1. The molecule has 1 N–H and O–H groups in total. The molecule has 0 aliphatic carbocycles. The summed E-state index contributed by atoms with van der Waals surface area (Å²) in [5.41, 5.74) is 0.973. The predicted molar refractivity (Wildman–Crippen MR) is 75.2 cm³/mol. The first-order chi connectivity index (χ1) is 9.24. The average molecular weight is 260 g/mol. The van der Waals surface area contributed by atoms with Crippen LogP contribution in [0.3, 0.4) is 0 Å². The first-order valence-electron chi connectivity index (χ1n) is 6.58. The van der Waals surface area contributed by atoms with Gasteiger partial charge in [-0.05, 0) is 32.0 Å². The summed E-state index contributed by atoms with van der Waals surface area (Å²) in [6.45, 7) is 5.14. The SMILES string of the molecule is CCCNC(C)c1ncc(-c2cccc(OC)c2)o1. The first kappa shape index (κ1) is 13.6. The number of nitrogens with zero attached hydrogens (tertiary/aromatic N) is 1. The Morgan fingerprint density at radius 2 is 2.26 bits per heavy atom. The third-order valence-electron chi connectivity index (χ3n) is 2.95. The van der Waals surface area contributed by atoms with Gasteiger partial charge in [0.1, 0.15) is 5.75 Å². The fourth-order valence-corrected chi connectivity index (χ4v) is 1.85. The second kappa shape index (κ2) is 6.38. The molecule has 2 aromatic rings. The van der Waals surface area contributed by atoms with E-state index in [0.29, 0.717) is 5.89 Å². The summed E-state index contributed by atoms with van der Waals surface area (Å²) in [6, 6.07) is 7.89. The standard InChI is InChI=1S/C15H20N2O2/c1-4-8-16-11(2)15-17-10-14(19-15)12-6-5-7-13(9-12)18-3/h5-7,9-11,16H,4,8H2,1-3H3. The summed E-state index contributed by atoms with van der Waals surface area (Å²) < 4.78 is 11.0.